The highest BCUT2D eigenvalue weighted by Gasteiger charge is 2.51. The van der Waals surface area contributed by atoms with Crippen molar-refractivity contribution in [2.75, 3.05) is 9.80 Å². The van der Waals surface area contributed by atoms with Crippen LogP contribution in [-0.2, 0) is 0 Å². The molecule has 4 nitrogen and oxygen atoms in total. The van der Waals surface area contributed by atoms with E-state index in [9.17, 15) is 16.4 Å². The predicted octanol–water partition coefficient (Wildman–Crippen LogP) is 17.8. The average molecular weight is 1160 g/mol. The van der Waals surface area contributed by atoms with Gasteiger partial charge >= 0.3 is 0 Å². The lowest BCUT2D eigenvalue weighted by Gasteiger charge is -2.47. The molecule has 0 spiro atoms. The number of ether oxygens (including phenoxy) is 1. The molecule has 0 atom stereocenters. The third-order valence-corrected chi connectivity index (χ3v) is 18.3. The molecule has 1 aromatic heterocycles. The highest BCUT2D eigenvalue weighted by molar-refractivity contribution is 7.03. The minimum atomic E-state index is -1.23. The van der Waals surface area contributed by atoms with E-state index in [1.807, 2.05) is 223 Å². The smallest absolute Gasteiger partial charge is 0.256 e. The van der Waals surface area contributed by atoms with Crippen molar-refractivity contribution < 1.29 is 25.3 Å². The molecule has 5 heterocycles. The molecule has 4 aliphatic rings. The number of anilines is 6. The van der Waals surface area contributed by atoms with Crippen LogP contribution in [0.15, 0.2) is 321 Å². The molecule has 0 saturated carbocycles. The molecule has 0 aliphatic carbocycles. The average Bonchev–Trinajstić information content (AvgIpc) is 1.64. The quantitative estimate of drug-likeness (QED) is 0.141. The Balaban J connectivity index is 1.06. The molecular weight excluding hydrogens is 1090 g/mol. The maximum Gasteiger partial charge on any atom is 0.256 e. The molecule has 4 aliphatic heterocycles. The van der Waals surface area contributed by atoms with E-state index in [2.05, 4.69) is 17.0 Å². The first-order chi connectivity index (χ1) is 51.0. The first kappa shape index (κ1) is 37.9. The summed E-state index contributed by atoms with van der Waals surface area (Å²) in [6.45, 7) is -2.25. The molecule has 19 rings (SSSR count). The van der Waals surface area contributed by atoms with Gasteiger partial charge in [0.1, 0.15) is 11.5 Å². The number of hydrogen-bond acceptors (Lipinski definition) is 3. The van der Waals surface area contributed by atoms with Crippen LogP contribution in [0.3, 0.4) is 0 Å². The van der Waals surface area contributed by atoms with Crippen molar-refractivity contribution in [2.45, 2.75) is 0 Å². The van der Waals surface area contributed by atoms with Gasteiger partial charge in [0.15, 0.2) is 0 Å². The minimum Gasteiger partial charge on any atom is -0.459 e. The zero-order valence-electron chi connectivity index (χ0n) is 62.8. The molecule has 0 fully saturated rings. The second-order valence-corrected chi connectivity index (χ2v) is 23.0. The van der Waals surface area contributed by atoms with E-state index >= 15 is 0 Å². The number of fused-ring (bicyclic) bond motifs is 12. The van der Waals surface area contributed by atoms with Crippen LogP contribution in [-0.4, -0.2) is 18.0 Å². The largest absolute Gasteiger partial charge is 0.459 e. The van der Waals surface area contributed by atoms with Crippen molar-refractivity contribution in [3.05, 3.63) is 321 Å². The number of hydrogen-bond donors (Lipinski definition) is 0. The van der Waals surface area contributed by atoms with Crippen LogP contribution >= 0.6 is 0 Å². The van der Waals surface area contributed by atoms with Gasteiger partial charge in [-0.25, -0.2) is 0 Å². The number of benzene rings is 14. The number of rotatable bonds is 8. The van der Waals surface area contributed by atoms with Crippen LogP contribution in [0.25, 0.3) is 94.3 Å². The van der Waals surface area contributed by atoms with E-state index in [-0.39, 0.29) is 61.8 Å². The van der Waals surface area contributed by atoms with Gasteiger partial charge in [0.05, 0.1) is 37.5 Å². The molecule has 90 heavy (non-hydrogen) atoms. The summed E-state index contributed by atoms with van der Waals surface area (Å²) in [5, 5.41) is 0.0758. The standard InChI is InChI=1S/C84H53B2N3O/c1-7-25-54(26-8-1)60-47-49-68-74(51-60)88(81-62(56-29-11-3-12-30-56)38-21-39-63(81)57-31-13-4-14-32-57)72-45-24-46-73-78(72)86(68)80-76(89(73)82-64(58-33-15-5-16-34-58)40-22-41-65(82)59-35-17-6-18-36-59)53-75-79-84(80)90-77-52-61(55-27-9-2-10-28-55)48-50-69(77)85(79)70-43-23-42-67-66-37-19-20-44-71(66)87(75)83(67)70/h1-53H/i1D,7D,8D,19D,20D,23D,25D,26D,37D,42D,43D,44D,47D,49D,51D. The molecule has 6 heteroatoms. The maximum atomic E-state index is 11.2. The Hall–Kier alpha value is -11.6. The van der Waals surface area contributed by atoms with Crippen LogP contribution in [0, 0.1) is 0 Å². The lowest BCUT2D eigenvalue weighted by molar-refractivity contribution is 0.491. The fraction of sp³-hybridized carbons (Fsp3) is 0. The van der Waals surface area contributed by atoms with Gasteiger partial charge < -0.3 is 19.1 Å². The third kappa shape index (κ3) is 7.46. The summed E-state index contributed by atoms with van der Waals surface area (Å²) < 4.78 is 157. The molecular formula is C84H53B2N3O. The summed E-state index contributed by atoms with van der Waals surface area (Å²) in [7, 11) is 0. The monoisotopic (exact) mass is 1160 g/mol. The topological polar surface area (TPSA) is 20.6 Å². The van der Waals surface area contributed by atoms with Crippen molar-refractivity contribution >= 4 is 102 Å². The Morgan fingerprint density at radius 3 is 1.43 bits per heavy atom. The van der Waals surface area contributed by atoms with Crippen molar-refractivity contribution in [3.8, 4) is 83.9 Å². The fourth-order valence-corrected chi connectivity index (χ4v) is 14.6. The predicted molar refractivity (Wildman–Crippen MR) is 379 cm³/mol. The summed E-state index contributed by atoms with van der Waals surface area (Å²) in [5.74, 6) is 0.561. The molecule has 0 unspecified atom stereocenters. The summed E-state index contributed by atoms with van der Waals surface area (Å²) in [4.78, 5) is 4.17. The van der Waals surface area contributed by atoms with E-state index in [0.717, 1.165) is 44.5 Å². The molecule has 0 N–H and O–H groups in total. The minimum absolute atomic E-state index is 0.000683. The molecule has 15 aromatic rings. The highest BCUT2D eigenvalue weighted by atomic mass is 16.5. The Labute approximate surface area is 544 Å². The van der Waals surface area contributed by atoms with Crippen molar-refractivity contribution in [3.63, 3.8) is 0 Å². The zero-order valence-corrected chi connectivity index (χ0v) is 47.8. The van der Waals surface area contributed by atoms with Crippen molar-refractivity contribution in [1.29, 1.82) is 0 Å². The summed E-state index contributed by atoms with van der Waals surface area (Å²) in [5.41, 5.74) is 13.0. The summed E-state index contributed by atoms with van der Waals surface area (Å²) in [6.07, 6.45) is 0. The van der Waals surface area contributed by atoms with Gasteiger partial charge in [-0.15, -0.1) is 0 Å². The first-order valence-electron chi connectivity index (χ1n) is 37.5. The molecule has 0 radical (unpaired) electrons. The molecule has 0 amide bonds. The van der Waals surface area contributed by atoms with Gasteiger partial charge in [0, 0.05) is 67.0 Å². The van der Waals surface area contributed by atoms with Gasteiger partial charge in [-0.05, 0) is 114 Å². The summed E-state index contributed by atoms with van der Waals surface area (Å²) in [6, 6.07) is 67.5. The van der Waals surface area contributed by atoms with E-state index in [1.54, 1.807) is 4.57 Å². The summed E-state index contributed by atoms with van der Waals surface area (Å²) >= 11 is 0. The maximum absolute atomic E-state index is 11.2. The van der Waals surface area contributed by atoms with E-state index in [4.69, 9.17) is 8.85 Å². The Morgan fingerprint density at radius 1 is 0.311 bits per heavy atom. The second-order valence-electron chi connectivity index (χ2n) is 23.0. The van der Waals surface area contributed by atoms with E-state index < -0.39 is 97.5 Å². The zero-order chi connectivity index (χ0) is 72.0. The van der Waals surface area contributed by atoms with Gasteiger partial charge in [-0.3, -0.25) is 0 Å². The SMILES string of the molecule is [2H]c1c([2H])c([2H])c(-c2c([2H])c([2H])c3c(c2[2H])N(c2c(-c4ccccc4)cccc2-c2ccccc2)c2cccc4c2B3c2c(cc3c5c2Oc2cc(-c6ccccc6)ccc2B5c2c([2H])c([2H])c([2H])c5c6c([2H])c([2H])c([2H])c([2H])c6n-3c25)N4c2c(-c3ccccc3)cccc2-c2ccccc2)c([2H])c1[2H]. The van der Waals surface area contributed by atoms with Crippen LogP contribution in [0.1, 0.15) is 20.6 Å². The van der Waals surface area contributed by atoms with E-state index in [1.165, 1.54) is 0 Å². The number of para-hydroxylation sites is 4. The Kier molecular flexibility index (Phi) is 8.40. The fourth-order valence-electron chi connectivity index (χ4n) is 14.6. The molecule has 416 valence electrons. The van der Waals surface area contributed by atoms with Gasteiger partial charge in [0.25, 0.3) is 13.4 Å². The van der Waals surface area contributed by atoms with Gasteiger partial charge in [-0.2, -0.15) is 0 Å². The van der Waals surface area contributed by atoms with Gasteiger partial charge in [0.2, 0.25) is 0 Å². The third-order valence-electron chi connectivity index (χ3n) is 18.3. The molecule has 0 saturated heterocycles. The Bertz CT molecular complexity index is 6200. The number of nitrogens with zero attached hydrogens (tertiary/aromatic N) is 3. The number of aromatic nitrogens is 1. The van der Waals surface area contributed by atoms with Crippen molar-refractivity contribution in [2.24, 2.45) is 0 Å². The van der Waals surface area contributed by atoms with Gasteiger partial charge in [-0.1, -0.05) is 285 Å². The van der Waals surface area contributed by atoms with Crippen LogP contribution in [0.2, 0.25) is 0 Å². The lowest BCUT2D eigenvalue weighted by Crippen LogP contribution is -2.65. The van der Waals surface area contributed by atoms with Crippen LogP contribution in [0.4, 0.5) is 34.1 Å². The van der Waals surface area contributed by atoms with Crippen molar-refractivity contribution in [1.82, 2.24) is 4.57 Å². The van der Waals surface area contributed by atoms with E-state index in [0.29, 0.717) is 72.9 Å². The van der Waals surface area contributed by atoms with Crippen LogP contribution in [0.5, 0.6) is 11.5 Å². The highest BCUT2D eigenvalue weighted by Crippen LogP contribution is 2.54. The Morgan fingerprint density at radius 2 is 0.833 bits per heavy atom. The van der Waals surface area contributed by atoms with Crippen LogP contribution < -0.4 is 47.3 Å². The molecule has 14 aromatic carbocycles. The first-order valence-corrected chi connectivity index (χ1v) is 30.0. The molecule has 0 bridgehead atoms. The lowest BCUT2D eigenvalue weighted by atomic mass is 9.30. The normalized spacial score (nSPS) is 15.2. The second kappa shape index (κ2) is 20.0.